The van der Waals surface area contributed by atoms with E-state index in [0.717, 1.165) is 6.08 Å². The molecule has 0 spiro atoms. The number of hydrogen-bond acceptors (Lipinski definition) is 12. The molecule has 380 valence electrons. The Hall–Kier alpha value is -6.34. The Morgan fingerprint density at radius 3 is 1.27 bits per heavy atom. The maximum absolute atomic E-state index is 14.1. The number of carbonyl (C=O) groups excluding carboxylic acids is 4. The minimum absolute atomic E-state index is 0.180. The smallest absolute Gasteiger partial charge is 0.411 e. The van der Waals surface area contributed by atoms with Crippen LogP contribution in [-0.4, -0.2) is 77.3 Å². The lowest BCUT2D eigenvalue weighted by Crippen LogP contribution is -2.57. The number of aliphatic hydroxyl groups is 2. The number of allylic oxidation sites excluding steroid dienone is 1. The zero-order valence-electron chi connectivity index (χ0n) is 38.6. The number of nitrogens with two attached hydrogens (primary N) is 2. The van der Waals surface area contributed by atoms with E-state index in [0.29, 0.717) is 59.3 Å². The summed E-state index contributed by atoms with van der Waals surface area (Å²) in [6.45, 7) is -2.69. The van der Waals surface area contributed by atoms with Gasteiger partial charge < -0.3 is 40.6 Å². The molecule has 0 bridgehead atoms. The molecule has 18 heteroatoms. The van der Waals surface area contributed by atoms with Crippen LogP contribution in [-0.2, 0) is 41.5 Å². The van der Waals surface area contributed by atoms with E-state index in [4.69, 9.17) is 30.4 Å². The number of hydrogen-bond donors (Lipinski definition) is 4. The van der Waals surface area contributed by atoms with E-state index < -0.39 is 90.7 Å². The molecule has 6 N–H and O–H groups in total. The molecule has 0 unspecified atom stereocenters. The van der Waals surface area contributed by atoms with Crippen molar-refractivity contribution in [1.29, 1.82) is 0 Å². The Morgan fingerprint density at radius 2 is 0.901 bits per heavy atom. The average molecular weight is 995 g/mol. The van der Waals surface area contributed by atoms with Crippen molar-refractivity contribution >= 4 is 47.0 Å². The van der Waals surface area contributed by atoms with Crippen LogP contribution in [0.1, 0.15) is 80.0 Å². The lowest BCUT2D eigenvalue weighted by molar-refractivity contribution is -0.230. The van der Waals surface area contributed by atoms with E-state index in [1.54, 1.807) is 60.7 Å². The molecule has 4 aromatic rings. The third-order valence-corrected chi connectivity index (χ3v) is 12.7. The molecule has 2 saturated carbocycles. The predicted octanol–water partition coefficient (Wildman–Crippen LogP) is 9.34. The SMILES string of the molecule is Nc1ccc(CC(CC(=O)C=Cc2ccc(OC(=O)C3CCC(OCC(F)(F)F)CC3)cc2)(Cc2ccc(N)cc2)C(O)(O)C(=O)C=Cc2ccc(OC(=O)C3CCC(OCC(F)(F)F)CC3)cc2)cc1. The monoisotopic (exact) mass is 994 g/mol. The summed E-state index contributed by atoms with van der Waals surface area (Å²) in [5, 5.41) is 24.3. The lowest BCUT2D eigenvalue weighted by Gasteiger charge is -2.42. The molecule has 4 aromatic carbocycles. The van der Waals surface area contributed by atoms with Gasteiger partial charge in [-0.15, -0.1) is 0 Å². The number of nitrogen functional groups attached to an aromatic ring is 2. The number of benzene rings is 4. The molecule has 2 aliphatic carbocycles. The minimum atomic E-state index is -4.44. The van der Waals surface area contributed by atoms with Crippen molar-refractivity contribution in [3.05, 3.63) is 131 Å². The summed E-state index contributed by atoms with van der Waals surface area (Å²) in [6, 6.07) is 25.3. The van der Waals surface area contributed by atoms with Crippen molar-refractivity contribution in [2.24, 2.45) is 17.3 Å². The predicted molar refractivity (Wildman–Crippen MR) is 251 cm³/mol. The summed E-state index contributed by atoms with van der Waals surface area (Å²) < 4.78 is 96.3. The van der Waals surface area contributed by atoms with Gasteiger partial charge in [-0.3, -0.25) is 19.2 Å². The first-order valence-corrected chi connectivity index (χ1v) is 23.1. The number of ketones is 2. The zero-order chi connectivity index (χ0) is 51.4. The van der Waals surface area contributed by atoms with Gasteiger partial charge in [0.15, 0.2) is 5.78 Å². The topological polar surface area (TPSA) is 198 Å². The molecule has 12 nitrogen and oxygen atoms in total. The lowest BCUT2D eigenvalue weighted by atomic mass is 9.65. The molecule has 2 aliphatic rings. The second-order valence-corrected chi connectivity index (χ2v) is 18.2. The van der Waals surface area contributed by atoms with Crippen molar-refractivity contribution in [2.75, 3.05) is 24.7 Å². The molecular formula is C53H56F6N2O10. The minimum Gasteiger partial charge on any atom is -0.426 e. The standard InChI is InChI=1S/C53H56F6N2O10/c54-51(55,56)32-68-43-24-11-38(12-25-43)48(64)70-45-20-6-34(7-21-45)5-19-42(62)31-50(29-36-1-15-40(60)16-2-36,30-37-3-17-41(61)18-4-37)53(66,67)47(63)28-10-35-8-22-46(23-9-35)71-49(65)39-13-26-44(27-14-39)69-33-52(57,58)59/h1-10,15-23,28,38-39,43-44,66-67H,11-14,24-27,29-33,60-61H2. The molecule has 0 aliphatic heterocycles. The van der Waals surface area contributed by atoms with Crippen LogP contribution >= 0.6 is 0 Å². The molecule has 6 rings (SSSR count). The Balaban J connectivity index is 1.14. The normalized spacial score (nSPS) is 19.2. The molecule has 0 aromatic heterocycles. The highest BCUT2D eigenvalue weighted by Crippen LogP contribution is 2.43. The van der Waals surface area contributed by atoms with Gasteiger partial charge in [0.05, 0.1) is 24.0 Å². The highest BCUT2D eigenvalue weighted by Gasteiger charge is 2.54. The number of carbonyl (C=O) groups is 4. The number of anilines is 2. The van der Waals surface area contributed by atoms with E-state index in [9.17, 15) is 55.7 Å². The first kappa shape index (κ1) is 54.0. The fraction of sp³-hybridized carbons (Fsp3) is 0.396. The van der Waals surface area contributed by atoms with Gasteiger partial charge in [0.2, 0.25) is 11.6 Å². The van der Waals surface area contributed by atoms with Crippen LogP contribution in [0.25, 0.3) is 12.2 Å². The van der Waals surface area contributed by atoms with Gasteiger partial charge in [0, 0.05) is 23.2 Å². The summed E-state index contributed by atoms with van der Waals surface area (Å²) in [4.78, 5) is 54.0. The van der Waals surface area contributed by atoms with Crippen LogP contribution in [0.5, 0.6) is 11.5 Å². The van der Waals surface area contributed by atoms with Gasteiger partial charge in [-0.25, -0.2) is 0 Å². The summed E-state index contributed by atoms with van der Waals surface area (Å²) in [5.74, 6) is -6.59. The molecular weight excluding hydrogens is 939 g/mol. The van der Waals surface area contributed by atoms with E-state index in [1.165, 1.54) is 54.6 Å². The van der Waals surface area contributed by atoms with Crippen molar-refractivity contribution in [3.63, 3.8) is 0 Å². The maximum Gasteiger partial charge on any atom is 0.411 e. The van der Waals surface area contributed by atoms with Gasteiger partial charge in [-0.2, -0.15) is 26.3 Å². The Morgan fingerprint density at radius 1 is 0.535 bits per heavy atom. The number of ether oxygens (including phenoxy) is 4. The van der Waals surface area contributed by atoms with Gasteiger partial charge in [-0.1, -0.05) is 60.7 Å². The fourth-order valence-electron chi connectivity index (χ4n) is 8.79. The van der Waals surface area contributed by atoms with E-state index >= 15 is 0 Å². The third kappa shape index (κ3) is 16.4. The van der Waals surface area contributed by atoms with Gasteiger partial charge in [0.1, 0.15) is 24.7 Å². The van der Waals surface area contributed by atoms with Crippen molar-refractivity contribution < 1.29 is 74.7 Å². The molecule has 0 heterocycles. The van der Waals surface area contributed by atoms with Crippen LogP contribution < -0.4 is 20.9 Å². The van der Waals surface area contributed by atoms with Gasteiger partial charge in [0.25, 0.3) is 0 Å². The third-order valence-electron chi connectivity index (χ3n) is 12.7. The Labute approximate surface area is 406 Å². The fourth-order valence-corrected chi connectivity index (χ4v) is 8.79. The first-order valence-electron chi connectivity index (χ1n) is 23.1. The molecule has 71 heavy (non-hydrogen) atoms. The Kier molecular flexibility index (Phi) is 18.0. The highest BCUT2D eigenvalue weighted by molar-refractivity contribution is 6.01. The van der Waals surface area contributed by atoms with Crippen molar-refractivity contribution in [2.45, 2.75) is 101 Å². The average Bonchev–Trinajstić information content (AvgIpc) is 3.33. The molecule has 0 saturated heterocycles. The number of alkyl halides is 6. The van der Waals surface area contributed by atoms with Crippen molar-refractivity contribution in [3.8, 4) is 11.5 Å². The summed E-state index contributed by atoms with van der Waals surface area (Å²) in [7, 11) is 0. The largest absolute Gasteiger partial charge is 0.426 e. The Bertz CT molecular complexity index is 2430. The zero-order valence-corrected chi connectivity index (χ0v) is 38.6. The summed E-state index contributed by atoms with van der Waals surface area (Å²) >= 11 is 0. The van der Waals surface area contributed by atoms with Crippen LogP contribution in [0.2, 0.25) is 0 Å². The van der Waals surface area contributed by atoms with Crippen molar-refractivity contribution in [1.82, 2.24) is 0 Å². The molecule has 0 amide bonds. The second-order valence-electron chi connectivity index (χ2n) is 18.2. The van der Waals surface area contributed by atoms with Gasteiger partial charge >= 0.3 is 24.3 Å². The second kappa shape index (κ2) is 23.7. The van der Waals surface area contributed by atoms with Crippen LogP contribution in [0, 0.1) is 17.3 Å². The number of rotatable bonds is 20. The van der Waals surface area contributed by atoms with Crippen LogP contribution in [0.3, 0.4) is 0 Å². The summed E-state index contributed by atoms with van der Waals surface area (Å²) in [6.07, 6.45) is -3.60. The van der Waals surface area contributed by atoms with Gasteiger partial charge in [-0.05, 0) is 147 Å². The quantitative estimate of drug-likeness (QED) is 0.0164. The first-order chi connectivity index (χ1) is 33.5. The molecule has 0 atom stereocenters. The van der Waals surface area contributed by atoms with Crippen LogP contribution in [0.15, 0.2) is 109 Å². The number of esters is 2. The van der Waals surface area contributed by atoms with E-state index in [2.05, 4.69) is 0 Å². The van der Waals surface area contributed by atoms with E-state index in [-0.39, 0.29) is 50.0 Å². The van der Waals surface area contributed by atoms with E-state index in [1.807, 2.05) is 0 Å². The van der Waals surface area contributed by atoms with Crippen LogP contribution in [0.4, 0.5) is 37.7 Å². The number of halogens is 6. The summed E-state index contributed by atoms with van der Waals surface area (Å²) in [5.41, 5.74) is 12.9. The molecule has 0 radical (unpaired) electrons. The highest BCUT2D eigenvalue weighted by atomic mass is 19.4. The maximum atomic E-state index is 14.1. The molecule has 2 fully saturated rings.